The second kappa shape index (κ2) is 11.7. The van der Waals surface area contributed by atoms with Crippen LogP contribution in [0.5, 0.6) is 17.2 Å². The van der Waals surface area contributed by atoms with Gasteiger partial charge < -0.3 is 14.2 Å². The Balaban J connectivity index is 1.51. The molecule has 1 aliphatic carbocycles. The first-order valence-corrected chi connectivity index (χ1v) is 11.4. The summed E-state index contributed by atoms with van der Waals surface area (Å²) in [5.74, 6) is 2.47. The van der Waals surface area contributed by atoms with Crippen LogP contribution >= 0.6 is 15.9 Å². The van der Waals surface area contributed by atoms with Gasteiger partial charge in [0.2, 0.25) is 5.91 Å². The van der Waals surface area contributed by atoms with Gasteiger partial charge in [-0.15, -0.1) is 0 Å². The molecule has 0 radical (unpaired) electrons. The van der Waals surface area contributed by atoms with E-state index >= 15 is 0 Å². The molecule has 1 N–H and O–H groups in total. The Morgan fingerprint density at radius 1 is 1.13 bits per heavy atom. The zero-order valence-corrected chi connectivity index (χ0v) is 19.6. The standard InChI is InChI=1S/C24H29BrN2O4/c1-17(28)27-26-16-18-14-22(25)24(23(15-18)29-2)31-13-12-30-21-10-8-20(9-11-21)19-6-4-3-5-7-19/h8-11,14-16,19H,3-7,12-13H2,1-2H3,(H,27,28). The van der Waals surface area contributed by atoms with E-state index < -0.39 is 0 Å². The summed E-state index contributed by atoms with van der Waals surface area (Å²) >= 11 is 3.51. The third-order valence-electron chi connectivity index (χ3n) is 5.24. The van der Waals surface area contributed by atoms with E-state index in [1.54, 1.807) is 19.4 Å². The molecule has 0 spiro atoms. The molecule has 1 amide bonds. The summed E-state index contributed by atoms with van der Waals surface area (Å²) in [5, 5.41) is 3.87. The minimum atomic E-state index is -0.231. The summed E-state index contributed by atoms with van der Waals surface area (Å²) in [5.41, 5.74) is 4.55. The Morgan fingerprint density at radius 3 is 2.52 bits per heavy atom. The number of hydrazone groups is 1. The monoisotopic (exact) mass is 488 g/mol. The number of methoxy groups -OCH3 is 1. The van der Waals surface area contributed by atoms with E-state index in [0.717, 1.165) is 15.8 Å². The zero-order chi connectivity index (χ0) is 22.1. The van der Waals surface area contributed by atoms with E-state index in [4.69, 9.17) is 14.2 Å². The first-order chi connectivity index (χ1) is 15.1. The Hall–Kier alpha value is -2.54. The van der Waals surface area contributed by atoms with Crippen LogP contribution in [0, 0.1) is 0 Å². The minimum Gasteiger partial charge on any atom is -0.493 e. The number of hydrogen-bond donors (Lipinski definition) is 1. The van der Waals surface area contributed by atoms with Crippen molar-refractivity contribution < 1.29 is 19.0 Å². The molecule has 166 valence electrons. The molecule has 0 unspecified atom stereocenters. The molecular formula is C24H29BrN2O4. The van der Waals surface area contributed by atoms with Crippen molar-refractivity contribution in [1.29, 1.82) is 0 Å². The van der Waals surface area contributed by atoms with Crippen LogP contribution < -0.4 is 19.6 Å². The van der Waals surface area contributed by atoms with Gasteiger partial charge in [0.25, 0.3) is 0 Å². The van der Waals surface area contributed by atoms with Crippen LogP contribution in [0.4, 0.5) is 0 Å². The van der Waals surface area contributed by atoms with Crippen LogP contribution in [-0.2, 0) is 4.79 Å². The van der Waals surface area contributed by atoms with Gasteiger partial charge in [-0.2, -0.15) is 5.10 Å². The number of nitrogens with zero attached hydrogens (tertiary/aromatic N) is 1. The lowest BCUT2D eigenvalue weighted by Crippen LogP contribution is -2.12. The van der Waals surface area contributed by atoms with Gasteiger partial charge in [-0.05, 0) is 70.1 Å². The number of nitrogens with one attached hydrogen (secondary N) is 1. The van der Waals surface area contributed by atoms with Gasteiger partial charge in [-0.25, -0.2) is 5.43 Å². The summed E-state index contributed by atoms with van der Waals surface area (Å²) in [6.07, 6.45) is 8.17. The molecule has 0 bridgehead atoms. The van der Waals surface area contributed by atoms with Crippen molar-refractivity contribution in [2.75, 3.05) is 20.3 Å². The fraction of sp³-hybridized carbons (Fsp3) is 0.417. The molecular weight excluding hydrogens is 460 g/mol. The van der Waals surface area contributed by atoms with E-state index in [0.29, 0.717) is 30.6 Å². The molecule has 1 aliphatic rings. The molecule has 3 rings (SSSR count). The second-order valence-electron chi connectivity index (χ2n) is 7.56. The maximum atomic E-state index is 10.9. The average Bonchev–Trinajstić information content (AvgIpc) is 2.78. The molecule has 0 saturated heterocycles. The normalized spacial score (nSPS) is 14.4. The molecule has 1 saturated carbocycles. The van der Waals surface area contributed by atoms with Crippen molar-refractivity contribution in [3.63, 3.8) is 0 Å². The zero-order valence-electron chi connectivity index (χ0n) is 18.0. The smallest absolute Gasteiger partial charge is 0.236 e. The molecule has 31 heavy (non-hydrogen) atoms. The van der Waals surface area contributed by atoms with E-state index in [2.05, 4.69) is 38.6 Å². The van der Waals surface area contributed by atoms with Gasteiger partial charge in [0, 0.05) is 6.92 Å². The van der Waals surface area contributed by atoms with Gasteiger partial charge >= 0.3 is 0 Å². The quantitative estimate of drug-likeness (QED) is 0.290. The van der Waals surface area contributed by atoms with Crippen molar-refractivity contribution in [3.8, 4) is 17.2 Å². The van der Waals surface area contributed by atoms with Crippen molar-refractivity contribution in [2.45, 2.75) is 44.9 Å². The van der Waals surface area contributed by atoms with E-state index in [1.165, 1.54) is 44.6 Å². The first kappa shape index (κ1) is 23.1. The van der Waals surface area contributed by atoms with Crippen molar-refractivity contribution in [1.82, 2.24) is 5.43 Å². The Kier molecular flexibility index (Phi) is 8.76. The summed E-state index contributed by atoms with van der Waals surface area (Å²) in [4.78, 5) is 10.9. The number of benzene rings is 2. The highest BCUT2D eigenvalue weighted by Crippen LogP contribution is 2.36. The van der Waals surface area contributed by atoms with Crippen LogP contribution in [0.1, 0.15) is 56.1 Å². The Labute approximate surface area is 192 Å². The highest BCUT2D eigenvalue weighted by Gasteiger charge is 2.15. The highest BCUT2D eigenvalue weighted by atomic mass is 79.9. The molecule has 7 heteroatoms. The van der Waals surface area contributed by atoms with Crippen molar-refractivity contribution in [3.05, 3.63) is 52.0 Å². The van der Waals surface area contributed by atoms with Crippen molar-refractivity contribution >= 4 is 28.1 Å². The van der Waals surface area contributed by atoms with E-state index in [1.807, 2.05) is 18.2 Å². The van der Waals surface area contributed by atoms with Gasteiger partial charge in [0.05, 0.1) is 17.8 Å². The molecule has 1 fully saturated rings. The highest BCUT2D eigenvalue weighted by molar-refractivity contribution is 9.10. The predicted octanol–water partition coefficient (Wildman–Crippen LogP) is 5.43. The number of hydrogen-bond acceptors (Lipinski definition) is 5. The average molecular weight is 489 g/mol. The van der Waals surface area contributed by atoms with Crippen LogP contribution in [0.15, 0.2) is 46.0 Å². The third kappa shape index (κ3) is 6.99. The maximum absolute atomic E-state index is 10.9. The van der Waals surface area contributed by atoms with Gasteiger partial charge in [0.15, 0.2) is 11.5 Å². The van der Waals surface area contributed by atoms with E-state index in [9.17, 15) is 4.79 Å². The molecule has 2 aromatic carbocycles. The molecule has 0 aromatic heterocycles. The summed E-state index contributed by atoms with van der Waals surface area (Å²) in [6, 6.07) is 12.1. The first-order valence-electron chi connectivity index (χ1n) is 10.6. The number of ether oxygens (including phenoxy) is 3. The Morgan fingerprint density at radius 2 is 1.84 bits per heavy atom. The topological polar surface area (TPSA) is 69.2 Å². The number of carbonyl (C=O) groups excluding carboxylic acids is 1. The van der Waals surface area contributed by atoms with Gasteiger partial charge in [-0.3, -0.25) is 4.79 Å². The predicted molar refractivity (Wildman–Crippen MR) is 125 cm³/mol. The molecule has 0 heterocycles. The summed E-state index contributed by atoms with van der Waals surface area (Å²) < 4.78 is 17.9. The molecule has 0 aliphatic heterocycles. The Bertz CT molecular complexity index is 893. The van der Waals surface area contributed by atoms with Crippen LogP contribution in [0.25, 0.3) is 0 Å². The fourth-order valence-electron chi connectivity index (χ4n) is 3.73. The van der Waals surface area contributed by atoms with Crippen LogP contribution in [0.2, 0.25) is 0 Å². The lowest BCUT2D eigenvalue weighted by atomic mass is 9.84. The summed E-state index contributed by atoms with van der Waals surface area (Å²) in [7, 11) is 1.58. The van der Waals surface area contributed by atoms with Gasteiger partial charge in [-0.1, -0.05) is 31.4 Å². The third-order valence-corrected chi connectivity index (χ3v) is 5.83. The van der Waals surface area contributed by atoms with Crippen molar-refractivity contribution in [2.24, 2.45) is 5.10 Å². The number of rotatable bonds is 9. The summed E-state index contributed by atoms with van der Waals surface area (Å²) in [6.45, 7) is 2.20. The second-order valence-corrected chi connectivity index (χ2v) is 8.42. The lowest BCUT2D eigenvalue weighted by molar-refractivity contribution is -0.118. The molecule has 2 aromatic rings. The van der Waals surface area contributed by atoms with Gasteiger partial charge in [0.1, 0.15) is 19.0 Å². The largest absolute Gasteiger partial charge is 0.493 e. The lowest BCUT2D eigenvalue weighted by Gasteiger charge is -2.22. The fourth-order valence-corrected chi connectivity index (χ4v) is 4.30. The van der Waals surface area contributed by atoms with Crippen LogP contribution in [0.3, 0.4) is 0 Å². The number of halogens is 1. The molecule has 0 atom stereocenters. The number of amides is 1. The SMILES string of the molecule is COc1cc(C=NNC(C)=O)cc(Br)c1OCCOc1ccc(C2CCCCC2)cc1. The minimum absolute atomic E-state index is 0.231. The maximum Gasteiger partial charge on any atom is 0.236 e. The molecule has 6 nitrogen and oxygen atoms in total. The van der Waals surface area contributed by atoms with Crippen LogP contribution in [-0.4, -0.2) is 32.4 Å². The number of carbonyl (C=O) groups is 1. The van der Waals surface area contributed by atoms with E-state index in [-0.39, 0.29) is 5.91 Å².